The van der Waals surface area contributed by atoms with Gasteiger partial charge in [0.2, 0.25) is 5.91 Å². The molecule has 1 aliphatic carbocycles. The second-order valence-electron chi connectivity index (χ2n) is 15.1. The third-order valence-corrected chi connectivity index (χ3v) is 11.0. The van der Waals surface area contributed by atoms with Gasteiger partial charge in [-0.25, -0.2) is 4.68 Å². The molecule has 3 aromatic rings. The summed E-state index contributed by atoms with van der Waals surface area (Å²) in [5.74, 6) is -0.399. The van der Waals surface area contributed by atoms with Crippen molar-refractivity contribution in [1.29, 1.82) is 5.26 Å². The predicted molar refractivity (Wildman–Crippen MR) is 195 cm³/mol. The van der Waals surface area contributed by atoms with Crippen LogP contribution in [0, 0.1) is 22.2 Å². The molecule has 0 bridgehead atoms. The monoisotopic (exact) mass is 728 g/mol. The summed E-state index contributed by atoms with van der Waals surface area (Å²) in [5.41, 5.74) is 1.52. The molecule has 1 unspecified atom stereocenters. The Morgan fingerprint density at radius 1 is 1.04 bits per heavy atom. The zero-order valence-electron chi connectivity index (χ0n) is 30.0. The molecule has 2 aromatic heterocycles. The van der Waals surface area contributed by atoms with Crippen molar-refractivity contribution in [2.45, 2.75) is 78.0 Å². The predicted octanol–water partition coefficient (Wildman–Crippen LogP) is 3.90. The van der Waals surface area contributed by atoms with Gasteiger partial charge in [0.25, 0.3) is 17.4 Å². The van der Waals surface area contributed by atoms with Crippen LogP contribution in [0.15, 0.2) is 53.6 Å². The zero-order chi connectivity index (χ0) is 37.2. The van der Waals surface area contributed by atoms with Crippen molar-refractivity contribution in [3.8, 4) is 11.8 Å². The van der Waals surface area contributed by atoms with Gasteiger partial charge in [-0.2, -0.15) is 10.4 Å². The molecule has 1 aromatic carbocycles. The number of benzene rings is 1. The summed E-state index contributed by atoms with van der Waals surface area (Å²) in [4.78, 5) is 58.8. The molecule has 3 aliphatic rings. The Labute approximate surface area is 308 Å². The number of hydrogen-bond acceptors (Lipinski definition) is 10. The smallest absolute Gasteiger partial charge is 0.269 e. The molecule has 1 atom stereocenters. The maximum absolute atomic E-state index is 13.3. The summed E-state index contributed by atoms with van der Waals surface area (Å²) >= 11 is 6.22. The number of pyridine rings is 1. The number of rotatable bonds is 11. The van der Waals surface area contributed by atoms with Crippen LogP contribution in [0.5, 0.6) is 5.75 Å². The van der Waals surface area contributed by atoms with Crippen molar-refractivity contribution in [2.24, 2.45) is 10.8 Å². The lowest BCUT2D eigenvalue weighted by Gasteiger charge is -2.63. The number of amides is 3. The van der Waals surface area contributed by atoms with Crippen LogP contribution in [0.2, 0.25) is 5.02 Å². The Hall–Kier alpha value is -4.80. The maximum atomic E-state index is 13.3. The van der Waals surface area contributed by atoms with Crippen molar-refractivity contribution in [3.63, 3.8) is 0 Å². The van der Waals surface area contributed by atoms with E-state index in [1.807, 2.05) is 12.1 Å². The SMILES string of the molecule is CC1(C)C(NC(=O)c2ccc(CCCCN3CCN(c4cnn(C5CCC(=O)NC5=O)c(=O)c4)CC3)nc2)C(C)(C)C1Oc1ccc(C#N)c(Cl)c1. The Bertz CT molecular complexity index is 1910. The Morgan fingerprint density at radius 2 is 1.79 bits per heavy atom. The molecule has 14 heteroatoms. The van der Waals surface area contributed by atoms with Gasteiger partial charge in [-0.05, 0) is 56.5 Å². The highest BCUT2D eigenvalue weighted by atomic mass is 35.5. The van der Waals surface area contributed by atoms with E-state index in [1.165, 1.54) is 10.7 Å². The van der Waals surface area contributed by atoms with Crippen LogP contribution in [-0.2, 0) is 16.0 Å². The van der Waals surface area contributed by atoms with Gasteiger partial charge in [-0.3, -0.25) is 34.4 Å². The fourth-order valence-electron chi connectivity index (χ4n) is 8.12. The van der Waals surface area contributed by atoms with Gasteiger partial charge < -0.3 is 15.0 Å². The van der Waals surface area contributed by atoms with Gasteiger partial charge in [0.1, 0.15) is 24.0 Å². The quantitative estimate of drug-likeness (QED) is 0.219. The standard InChI is InChI=1S/C38H45ClN8O5/c1-37(2)35(38(3,4)36(37)52-28-11-9-24(21-40)29(39)20-28)44-33(50)25-8-10-26(41-22-25)7-5-6-14-45-15-17-46(18-16-45)27-19-32(49)47(42-23-27)30-12-13-31(48)43-34(30)51/h8-11,19-20,22-23,30,35-36H,5-7,12-18H2,1-4H3,(H,44,50)(H,43,48,51). The molecule has 0 radical (unpaired) electrons. The highest BCUT2D eigenvalue weighted by molar-refractivity contribution is 6.31. The van der Waals surface area contributed by atoms with E-state index >= 15 is 0 Å². The normalized spacial score (nSPS) is 22.5. The molecule has 3 amide bonds. The number of nitrogens with zero attached hydrogens (tertiary/aromatic N) is 6. The second-order valence-corrected chi connectivity index (χ2v) is 15.5. The molecule has 52 heavy (non-hydrogen) atoms. The second kappa shape index (κ2) is 15.0. The van der Waals surface area contributed by atoms with E-state index in [2.05, 4.69) is 64.3 Å². The molecule has 0 spiro atoms. The van der Waals surface area contributed by atoms with Crippen molar-refractivity contribution in [3.05, 3.63) is 81.0 Å². The van der Waals surface area contributed by atoms with Gasteiger partial charge >= 0.3 is 0 Å². The number of hydrogen-bond donors (Lipinski definition) is 2. The van der Waals surface area contributed by atoms with E-state index in [9.17, 15) is 24.4 Å². The number of nitriles is 1. The fraction of sp³-hybridized carbons (Fsp3) is 0.500. The van der Waals surface area contributed by atoms with Crippen molar-refractivity contribution < 1.29 is 19.1 Å². The number of carbonyl (C=O) groups excluding carboxylic acids is 3. The van der Waals surface area contributed by atoms with Crippen molar-refractivity contribution in [1.82, 2.24) is 30.3 Å². The molecular formula is C38H45ClN8O5. The molecule has 274 valence electrons. The number of ether oxygens (including phenoxy) is 1. The van der Waals surface area contributed by atoms with Crippen molar-refractivity contribution in [2.75, 3.05) is 37.6 Å². The summed E-state index contributed by atoms with van der Waals surface area (Å²) in [6.07, 6.45) is 6.34. The number of piperazine rings is 1. The summed E-state index contributed by atoms with van der Waals surface area (Å²) in [6.45, 7) is 12.5. The van der Waals surface area contributed by atoms with Crippen LogP contribution in [0.1, 0.15) is 81.0 Å². The van der Waals surface area contributed by atoms with Crippen LogP contribution in [0.3, 0.4) is 0 Å². The minimum atomic E-state index is -0.764. The molecule has 2 saturated heterocycles. The van der Waals surface area contributed by atoms with E-state index in [0.717, 1.165) is 63.4 Å². The van der Waals surface area contributed by atoms with Crippen LogP contribution < -0.4 is 25.8 Å². The lowest BCUT2D eigenvalue weighted by atomic mass is 9.49. The van der Waals surface area contributed by atoms with Gasteiger partial charge in [-0.1, -0.05) is 39.3 Å². The first-order valence-electron chi connectivity index (χ1n) is 17.8. The van der Waals surface area contributed by atoms with E-state index in [-0.39, 0.29) is 53.2 Å². The van der Waals surface area contributed by atoms with Gasteiger partial charge in [0, 0.05) is 73.5 Å². The Kier molecular flexibility index (Phi) is 10.7. The molecule has 2 N–H and O–H groups in total. The van der Waals surface area contributed by atoms with Gasteiger partial charge in [0.15, 0.2) is 0 Å². The topological polar surface area (TPSA) is 163 Å². The van der Waals surface area contributed by atoms with E-state index in [0.29, 0.717) is 21.9 Å². The first kappa shape index (κ1) is 37.0. The number of aryl methyl sites for hydroxylation is 1. The van der Waals surface area contributed by atoms with Crippen molar-refractivity contribution >= 4 is 35.0 Å². The molecule has 6 rings (SSSR count). The molecule has 2 aliphatic heterocycles. The third-order valence-electron chi connectivity index (χ3n) is 10.7. The Balaban J connectivity index is 0.920. The summed E-state index contributed by atoms with van der Waals surface area (Å²) in [5, 5.41) is 19.3. The molecular weight excluding hydrogens is 684 g/mol. The van der Waals surface area contributed by atoms with Crippen LogP contribution in [0.4, 0.5) is 5.69 Å². The van der Waals surface area contributed by atoms with Gasteiger partial charge in [-0.15, -0.1) is 0 Å². The molecule has 1 saturated carbocycles. The summed E-state index contributed by atoms with van der Waals surface area (Å²) in [7, 11) is 0. The third kappa shape index (κ3) is 7.68. The van der Waals surface area contributed by atoms with E-state index in [1.54, 1.807) is 30.6 Å². The average Bonchev–Trinajstić information content (AvgIpc) is 3.12. The largest absolute Gasteiger partial charge is 0.489 e. The number of unbranched alkanes of at least 4 members (excludes halogenated alkanes) is 1. The lowest BCUT2D eigenvalue weighted by Crippen LogP contribution is -2.74. The number of carbonyl (C=O) groups is 3. The Morgan fingerprint density at radius 3 is 2.42 bits per heavy atom. The number of imide groups is 1. The first-order valence-corrected chi connectivity index (χ1v) is 18.2. The van der Waals surface area contributed by atoms with Crippen LogP contribution >= 0.6 is 11.6 Å². The highest BCUT2D eigenvalue weighted by Gasteiger charge is 2.64. The first-order chi connectivity index (χ1) is 24.8. The van der Waals surface area contributed by atoms with Crippen LogP contribution in [0.25, 0.3) is 0 Å². The maximum Gasteiger partial charge on any atom is 0.269 e. The van der Waals surface area contributed by atoms with E-state index in [4.69, 9.17) is 16.3 Å². The fourth-order valence-corrected chi connectivity index (χ4v) is 8.33. The minimum absolute atomic E-state index is 0.140. The highest BCUT2D eigenvalue weighted by Crippen LogP contribution is 2.55. The number of anilines is 1. The number of nitrogens with one attached hydrogen (secondary N) is 2. The summed E-state index contributed by atoms with van der Waals surface area (Å²) < 4.78 is 7.51. The van der Waals surface area contributed by atoms with E-state index < -0.39 is 11.9 Å². The average molecular weight is 729 g/mol. The molecule has 13 nitrogen and oxygen atoms in total. The number of aromatic nitrogens is 3. The molecule has 4 heterocycles. The summed E-state index contributed by atoms with van der Waals surface area (Å²) in [6, 6.07) is 11.5. The number of piperidine rings is 1. The number of halogens is 1. The zero-order valence-corrected chi connectivity index (χ0v) is 30.8. The van der Waals surface area contributed by atoms with Gasteiger partial charge in [0.05, 0.1) is 28.0 Å². The minimum Gasteiger partial charge on any atom is -0.489 e. The lowest BCUT2D eigenvalue weighted by molar-refractivity contribution is -0.164. The molecule has 3 fully saturated rings. The van der Waals surface area contributed by atoms with Crippen LogP contribution in [-0.4, -0.2) is 82.3 Å².